The number of hydrogen-bond acceptors (Lipinski definition) is 7. The molecule has 4 rings (SSSR count). The Morgan fingerprint density at radius 1 is 1.12 bits per heavy atom. The van der Waals surface area contributed by atoms with Crippen LogP contribution in [0.1, 0.15) is 36.6 Å². The van der Waals surface area contributed by atoms with Gasteiger partial charge in [0.2, 0.25) is 0 Å². The lowest BCUT2D eigenvalue weighted by molar-refractivity contribution is -0.139. The van der Waals surface area contributed by atoms with Crippen LogP contribution in [0, 0.1) is 6.92 Å². The highest BCUT2D eigenvalue weighted by Crippen LogP contribution is 2.37. The maximum absolute atomic E-state index is 13.7. The number of carbonyl (C=O) groups is 1. The van der Waals surface area contributed by atoms with Crippen LogP contribution in [0.2, 0.25) is 0 Å². The summed E-state index contributed by atoms with van der Waals surface area (Å²) < 4.78 is 18.5. The van der Waals surface area contributed by atoms with Crippen molar-refractivity contribution in [3.05, 3.63) is 90.1 Å². The molecule has 8 heteroatoms. The van der Waals surface area contributed by atoms with Crippen LogP contribution in [0.15, 0.2) is 63.5 Å². The van der Waals surface area contributed by atoms with Crippen LogP contribution < -0.4 is 24.4 Å². The summed E-state index contributed by atoms with van der Waals surface area (Å²) in [4.78, 5) is 31.9. The first-order valence-electron chi connectivity index (χ1n) is 10.9. The monoisotopic (exact) mass is 478 g/mol. The van der Waals surface area contributed by atoms with E-state index in [-0.39, 0.29) is 12.2 Å². The highest BCUT2D eigenvalue weighted by molar-refractivity contribution is 7.07. The van der Waals surface area contributed by atoms with Crippen molar-refractivity contribution in [2.45, 2.75) is 26.8 Å². The fraction of sp³-hybridized carbons (Fsp3) is 0.269. The van der Waals surface area contributed by atoms with E-state index in [1.165, 1.54) is 11.3 Å². The number of ether oxygens (including phenoxy) is 3. The number of benzene rings is 2. The first-order chi connectivity index (χ1) is 16.4. The topological polar surface area (TPSA) is 79.1 Å². The van der Waals surface area contributed by atoms with Gasteiger partial charge in [-0.3, -0.25) is 9.36 Å². The maximum atomic E-state index is 13.7. The second-order valence-electron chi connectivity index (χ2n) is 7.82. The molecule has 1 unspecified atom stereocenters. The van der Waals surface area contributed by atoms with Gasteiger partial charge < -0.3 is 14.2 Å². The SMILES string of the molecule is CCOC(=O)C1=C(C)N=c2s/c(=C\c3ccc(C)cc3)c(=O)n2C1c1cc(OC)ccc1OC. The van der Waals surface area contributed by atoms with Gasteiger partial charge in [-0.15, -0.1) is 0 Å². The summed E-state index contributed by atoms with van der Waals surface area (Å²) in [5.41, 5.74) is 3.21. The van der Waals surface area contributed by atoms with Crippen LogP contribution in [0.3, 0.4) is 0 Å². The summed E-state index contributed by atoms with van der Waals surface area (Å²) in [7, 11) is 3.11. The zero-order valence-electron chi connectivity index (χ0n) is 19.7. The van der Waals surface area contributed by atoms with Crippen LogP contribution in [-0.4, -0.2) is 31.4 Å². The van der Waals surface area contributed by atoms with Crippen LogP contribution in [-0.2, 0) is 9.53 Å². The second kappa shape index (κ2) is 9.69. The number of allylic oxidation sites excluding steroid dienone is 1. The van der Waals surface area contributed by atoms with Gasteiger partial charge in [-0.25, -0.2) is 9.79 Å². The number of fused-ring (bicyclic) bond motifs is 1. The molecule has 1 aromatic heterocycles. The number of hydrogen-bond donors (Lipinski definition) is 0. The van der Waals surface area contributed by atoms with Crippen molar-refractivity contribution in [3.8, 4) is 11.5 Å². The van der Waals surface area contributed by atoms with E-state index in [4.69, 9.17) is 14.2 Å². The molecule has 0 saturated carbocycles. The first-order valence-corrected chi connectivity index (χ1v) is 11.7. The van der Waals surface area contributed by atoms with Crippen LogP contribution in [0.4, 0.5) is 0 Å². The fourth-order valence-corrected chi connectivity index (χ4v) is 5.00. The number of nitrogens with zero attached hydrogens (tertiary/aromatic N) is 2. The molecular formula is C26H26N2O5S. The standard InChI is InChI=1S/C26H26N2O5S/c1-6-33-25(30)22-16(3)27-26-28(23(22)19-14-18(31-4)11-12-20(19)32-5)24(29)21(34-26)13-17-9-7-15(2)8-10-17/h7-14,23H,6H2,1-5H3/b21-13-. The predicted molar refractivity (Wildman–Crippen MR) is 131 cm³/mol. The van der Waals surface area contributed by atoms with Gasteiger partial charge >= 0.3 is 5.97 Å². The highest BCUT2D eigenvalue weighted by Gasteiger charge is 2.35. The van der Waals surface area contributed by atoms with Gasteiger partial charge in [-0.05, 0) is 50.6 Å². The average Bonchev–Trinajstić information content (AvgIpc) is 3.13. The Balaban J connectivity index is 2.01. The van der Waals surface area contributed by atoms with Gasteiger partial charge in [-0.2, -0.15) is 0 Å². The van der Waals surface area contributed by atoms with Crippen molar-refractivity contribution < 1.29 is 19.0 Å². The minimum atomic E-state index is -0.777. The van der Waals surface area contributed by atoms with Crippen LogP contribution in [0.5, 0.6) is 11.5 Å². The number of aromatic nitrogens is 1. The number of esters is 1. The van der Waals surface area contributed by atoms with E-state index in [0.29, 0.717) is 37.7 Å². The van der Waals surface area contributed by atoms with Crippen molar-refractivity contribution >= 4 is 23.4 Å². The van der Waals surface area contributed by atoms with E-state index in [2.05, 4.69) is 4.99 Å². The molecule has 3 aromatic rings. The zero-order chi connectivity index (χ0) is 24.4. The quantitative estimate of drug-likeness (QED) is 0.509. The summed E-state index contributed by atoms with van der Waals surface area (Å²) >= 11 is 1.28. The molecule has 0 amide bonds. The summed E-state index contributed by atoms with van der Waals surface area (Å²) in [5.74, 6) is 0.581. The Bertz CT molecular complexity index is 1450. The molecule has 34 heavy (non-hydrogen) atoms. The van der Waals surface area contributed by atoms with Crippen molar-refractivity contribution in [2.75, 3.05) is 20.8 Å². The second-order valence-corrected chi connectivity index (χ2v) is 8.83. The van der Waals surface area contributed by atoms with Gasteiger partial charge in [0, 0.05) is 5.56 Å². The Kier molecular flexibility index (Phi) is 6.70. The minimum Gasteiger partial charge on any atom is -0.497 e. The minimum absolute atomic E-state index is 0.204. The zero-order valence-corrected chi connectivity index (χ0v) is 20.6. The van der Waals surface area contributed by atoms with Crippen LogP contribution >= 0.6 is 11.3 Å². The highest BCUT2D eigenvalue weighted by atomic mass is 32.1. The van der Waals surface area contributed by atoms with E-state index >= 15 is 0 Å². The van der Waals surface area contributed by atoms with Gasteiger partial charge in [-0.1, -0.05) is 41.2 Å². The molecule has 0 aliphatic carbocycles. The normalized spacial score (nSPS) is 15.6. The first kappa shape index (κ1) is 23.5. The third-order valence-electron chi connectivity index (χ3n) is 5.62. The average molecular weight is 479 g/mol. The lowest BCUT2D eigenvalue weighted by atomic mass is 9.94. The summed E-state index contributed by atoms with van der Waals surface area (Å²) in [6, 6.07) is 12.4. The number of methoxy groups -OCH3 is 2. The van der Waals surface area contributed by atoms with Gasteiger partial charge in [0.05, 0.1) is 36.6 Å². The molecule has 0 spiro atoms. The predicted octanol–water partition coefficient (Wildman–Crippen LogP) is 3.12. The van der Waals surface area contributed by atoms with Crippen molar-refractivity contribution in [3.63, 3.8) is 0 Å². The Morgan fingerprint density at radius 2 is 1.85 bits per heavy atom. The smallest absolute Gasteiger partial charge is 0.338 e. The molecular weight excluding hydrogens is 452 g/mol. The van der Waals surface area contributed by atoms with Gasteiger partial charge in [0.15, 0.2) is 4.80 Å². The maximum Gasteiger partial charge on any atom is 0.338 e. The molecule has 0 N–H and O–H groups in total. The Hall–Kier alpha value is -3.65. The van der Waals surface area contributed by atoms with Crippen LogP contribution in [0.25, 0.3) is 6.08 Å². The summed E-state index contributed by atoms with van der Waals surface area (Å²) in [6.45, 7) is 5.71. The van der Waals surface area contributed by atoms with Gasteiger partial charge in [0.25, 0.3) is 5.56 Å². The molecule has 1 aliphatic heterocycles. The molecule has 1 atom stereocenters. The third kappa shape index (κ3) is 4.28. The third-order valence-corrected chi connectivity index (χ3v) is 6.61. The molecule has 1 aliphatic rings. The van der Waals surface area contributed by atoms with Gasteiger partial charge in [0.1, 0.15) is 17.5 Å². The van der Waals surface area contributed by atoms with Crippen molar-refractivity contribution in [1.82, 2.24) is 4.57 Å². The van der Waals surface area contributed by atoms with E-state index in [0.717, 1.165) is 11.1 Å². The molecule has 176 valence electrons. The molecule has 7 nitrogen and oxygen atoms in total. The van der Waals surface area contributed by atoms with Crippen molar-refractivity contribution in [2.24, 2.45) is 4.99 Å². The molecule has 2 aromatic carbocycles. The number of thiazole rings is 1. The molecule has 0 bridgehead atoms. The van der Waals surface area contributed by atoms with E-state index in [1.54, 1.807) is 50.8 Å². The number of carbonyl (C=O) groups excluding carboxylic acids is 1. The lowest BCUT2D eigenvalue weighted by Crippen LogP contribution is -2.40. The lowest BCUT2D eigenvalue weighted by Gasteiger charge is -2.26. The fourth-order valence-electron chi connectivity index (χ4n) is 3.95. The Morgan fingerprint density at radius 3 is 2.50 bits per heavy atom. The summed E-state index contributed by atoms with van der Waals surface area (Å²) in [6.07, 6.45) is 1.84. The molecule has 0 radical (unpaired) electrons. The van der Waals surface area contributed by atoms with E-state index in [1.807, 2.05) is 37.3 Å². The summed E-state index contributed by atoms with van der Waals surface area (Å²) in [5, 5.41) is 0. The van der Waals surface area contributed by atoms with E-state index in [9.17, 15) is 9.59 Å². The molecule has 0 saturated heterocycles. The largest absolute Gasteiger partial charge is 0.497 e. The van der Waals surface area contributed by atoms with Crippen molar-refractivity contribution in [1.29, 1.82) is 0 Å². The molecule has 0 fully saturated rings. The number of aryl methyl sites for hydroxylation is 1. The van der Waals surface area contributed by atoms with E-state index < -0.39 is 12.0 Å². The molecule has 2 heterocycles. The Labute approximate surface area is 201 Å². The number of rotatable bonds is 6.